The van der Waals surface area contributed by atoms with Crippen molar-refractivity contribution in [2.24, 2.45) is 0 Å². The number of halogens is 2. The highest BCUT2D eigenvalue weighted by atomic mass is 79.9. The van der Waals surface area contributed by atoms with Crippen molar-refractivity contribution < 1.29 is 12.8 Å². The van der Waals surface area contributed by atoms with E-state index in [-0.39, 0.29) is 21.7 Å². The summed E-state index contributed by atoms with van der Waals surface area (Å²) in [5.41, 5.74) is 1.69. The quantitative estimate of drug-likeness (QED) is 0.303. The second kappa shape index (κ2) is 8.86. The van der Waals surface area contributed by atoms with Gasteiger partial charge >= 0.3 is 0 Å². The van der Waals surface area contributed by atoms with Crippen molar-refractivity contribution in [3.8, 4) is 11.5 Å². The van der Waals surface area contributed by atoms with E-state index in [9.17, 15) is 8.42 Å². The summed E-state index contributed by atoms with van der Waals surface area (Å²) >= 11 is 9.34. The van der Waals surface area contributed by atoms with Crippen molar-refractivity contribution in [3.63, 3.8) is 0 Å². The molecule has 0 spiro atoms. The smallest absolute Gasteiger partial charge is 0.236 e. The van der Waals surface area contributed by atoms with Crippen molar-refractivity contribution in [1.82, 2.24) is 4.98 Å². The van der Waals surface area contributed by atoms with Crippen molar-refractivity contribution in [2.45, 2.75) is 16.5 Å². The minimum Gasteiger partial charge on any atom is -0.419 e. The zero-order valence-corrected chi connectivity index (χ0v) is 19.7. The molecule has 0 saturated heterocycles. The molecule has 1 aromatic heterocycles. The van der Waals surface area contributed by atoms with Crippen molar-refractivity contribution in [2.75, 3.05) is 11.9 Å². The maximum Gasteiger partial charge on any atom is 0.236 e. The first-order valence-electron chi connectivity index (χ1n) is 9.37. The number of aromatic nitrogens is 1. The van der Waals surface area contributed by atoms with Crippen LogP contribution in [0.5, 0.6) is 0 Å². The van der Waals surface area contributed by atoms with E-state index in [0.717, 1.165) is 10.0 Å². The summed E-state index contributed by atoms with van der Waals surface area (Å²) in [5, 5.41) is 0.322. The Morgan fingerprint density at radius 1 is 0.968 bits per heavy atom. The highest BCUT2D eigenvalue weighted by molar-refractivity contribution is 9.10. The van der Waals surface area contributed by atoms with Crippen LogP contribution >= 0.6 is 27.5 Å². The Bertz CT molecular complexity index is 1290. The van der Waals surface area contributed by atoms with E-state index in [1.807, 2.05) is 54.6 Å². The van der Waals surface area contributed by atoms with Gasteiger partial charge in [0.25, 0.3) is 0 Å². The molecule has 1 heterocycles. The zero-order chi connectivity index (χ0) is 22.0. The van der Waals surface area contributed by atoms with Crippen LogP contribution in [0.1, 0.15) is 5.56 Å². The highest BCUT2D eigenvalue weighted by Gasteiger charge is 2.30. The van der Waals surface area contributed by atoms with Gasteiger partial charge in [0.15, 0.2) is 0 Å². The van der Waals surface area contributed by atoms with Crippen LogP contribution in [0, 0.1) is 0 Å². The number of sulfone groups is 1. The molecule has 0 saturated carbocycles. The first-order chi connectivity index (χ1) is 14.8. The highest BCUT2D eigenvalue weighted by Crippen LogP contribution is 2.35. The SMILES string of the molecule is CN(Cc1ccccc1)c1oc(-c2ccc(Br)cc2)nc1S(=O)(=O)c1ccc(Cl)cc1. The van der Waals surface area contributed by atoms with E-state index in [1.54, 1.807) is 11.9 Å². The summed E-state index contributed by atoms with van der Waals surface area (Å²) in [7, 11) is -2.16. The first kappa shape index (κ1) is 21.6. The predicted molar refractivity (Wildman–Crippen MR) is 125 cm³/mol. The number of benzene rings is 3. The Hall–Kier alpha value is -2.61. The van der Waals surface area contributed by atoms with E-state index >= 15 is 0 Å². The molecule has 0 bridgehead atoms. The lowest BCUT2D eigenvalue weighted by Crippen LogP contribution is -2.18. The molecule has 4 aromatic rings. The van der Waals surface area contributed by atoms with Gasteiger partial charge in [0.2, 0.25) is 26.6 Å². The number of hydrogen-bond acceptors (Lipinski definition) is 5. The van der Waals surface area contributed by atoms with Crippen LogP contribution in [0.15, 0.2) is 97.7 Å². The van der Waals surface area contributed by atoms with Gasteiger partial charge in [-0.25, -0.2) is 8.42 Å². The summed E-state index contributed by atoms with van der Waals surface area (Å²) in [4.78, 5) is 6.24. The molecular weight excluding hydrogens is 500 g/mol. The molecule has 0 N–H and O–H groups in total. The number of rotatable bonds is 6. The number of nitrogens with zero attached hydrogens (tertiary/aromatic N) is 2. The van der Waals surface area contributed by atoms with Crippen molar-refractivity contribution >= 4 is 43.3 Å². The molecule has 0 fully saturated rings. The van der Waals surface area contributed by atoms with Crippen molar-refractivity contribution in [1.29, 1.82) is 0 Å². The Balaban J connectivity index is 1.81. The van der Waals surface area contributed by atoms with Crippen LogP contribution in [-0.4, -0.2) is 20.4 Å². The average Bonchev–Trinajstić information content (AvgIpc) is 3.22. The fraction of sp³-hybridized carbons (Fsp3) is 0.0870. The lowest BCUT2D eigenvalue weighted by Gasteiger charge is -2.17. The number of hydrogen-bond donors (Lipinski definition) is 0. The van der Waals surface area contributed by atoms with Crippen LogP contribution in [0.25, 0.3) is 11.5 Å². The van der Waals surface area contributed by atoms with Gasteiger partial charge in [-0.05, 0) is 54.1 Å². The molecule has 158 valence electrons. The first-order valence-corrected chi connectivity index (χ1v) is 12.0. The van der Waals surface area contributed by atoms with Crippen LogP contribution in [0.3, 0.4) is 0 Å². The van der Waals surface area contributed by atoms with Gasteiger partial charge in [-0.1, -0.05) is 57.9 Å². The molecule has 3 aromatic carbocycles. The van der Waals surface area contributed by atoms with E-state index < -0.39 is 9.84 Å². The normalized spacial score (nSPS) is 11.5. The third-order valence-corrected chi connectivity index (χ3v) is 7.11. The van der Waals surface area contributed by atoms with Gasteiger partial charge in [-0.15, -0.1) is 0 Å². The van der Waals surface area contributed by atoms with Crippen LogP contribution in [0.2, 0.25) is 5.02 Å². The van der Waals surface area contributed by atoms with Gasteiger partial charge in [0, 0.05) is 28.7 Å². The predicted octanol–water partition coefficient (Wildman–Crippen LogP) is 6.23. The van der Waals surface area contributed by atoms with Crippen LogP contribution in [0.4, 0.5) is 5.88 Å². The van der Waals surface area contributed by atoms with E-state index in [2.05, 4.69) is 20.9 Å². The van der Waals surface area contributed by atoms with Gasteiger partial charge in [0.05, 0.1) is 4.90 Å². The largest absolute Gasteiger partial charge is 0.419 e. The molecule has 0 atom stereocenters. The second-order valence-corrected chi connectivity index (χ2v) is 10.2. The molecule has 0 amide bonds. The fourth-order valence-electron chi connectivity index (χ4n) is 3.08. The standard InChI is InChI=1S/C23H18BrClN2O3S/c1-27(15-16-5-3-2-4-6-16)23-22(31(28,29)20-13-11-19(25)12-14-20)26-21(30-23)17-7-9-18(24)10-8-17/h2-14H,15H2,1H3. The van der Waals surface area contributed by atoms with E-state index in [0.29, 0.717) is 17.1 Å². The third kappa shape index (κ3) is 4.69. The maximum absolute atomic E-state index is 13.4. The summed E-state index contributed by atoms with van der Waals surface area (Å²) < 4.78 is 33.7. The van der Waals surface area contributed by atoms with Gasteiger partial charge < -0.3 is 9.32 Å². The summed E-state index contributed by atoms with van der Waals surface area (Å²) in [5.74, 6) is 0.409. The average molecular weight is 518 g/mol. The van der Waals surface area contributed by atoms with Gasteiger partial charge in [-0.2, -0.15) is 4.98 Å². The molecule has 0 unspecified atom stereocenters. The molecule has 5 nitrogen and oxygen atoms in total. The molecular formula is C23H18BrClN2O3S. The molecule has 0 aliphatic heterocycles. The van der Waals surface area contributed by atoms with Crippen molar-refractivity contribution in [3.05, 3.63) is 93.9 Å². The molecule has 4 rings (SSSR count). The summed E-state index contributed by atoms with van der Waals surface area (Å²) in [6, 6.07) is 23.1. The lowest BCUT2D eigenvalue weighted by atomic mass is 10.2. The molecule has 8 heteroatoms. The lowest BCUT2D eigenvalue weighted by molar-refractivity contribution is 0.554. The van der Waals surface area contributed by atoms with E-state index in [4.69, 9.17) is 16.0 Å². The Morgan fingerprint density at radius 3 is 2.26 bits per heavy atom. The molecule has 0 aliphatic rings. The fourth-order valence-corrected chi connectivity index (χ4v) is 4.82. The van der Waals surface area contributed by atoms with Crippen LogP contribution in [-0.2, 0) is 16.4 Å². The topological polar surface area (TPSA) is 63.4 Å². The summed E-state index contributed by atoms with van der Waals surface area (Å²) in [6.07, 6.45) is 0. The van der Waals surface area contributed by atoms with E-state index in [1.165, 1.54) is 24.3 Å². The number of oxazole rings is 1. The zero-order valence-electron chi connectivity index (χ0n) is 16.5. The third-order valence-electron chi connectivity index (χ3n) is 4.66. The van der Waals surface area contributed by atoms with Gasteiger partial charge in [-0.3, -0.25) is 0 Å². The van der Waals surface area contributed by atoms with Crippen LogP contribution < -0.4 is 4.90 Å². The molecule has 0 aliphatic carbocycles. The molecule has 31 heavy (non-hydrogen) atoms. The summed E-state index contributed by atoms with van der Waals surface area (Å²) in [6.45, 7) is 0.457. The number of anilines is 1. The minimum atomic E-state index is -3.93. The Labute approximate surface area is 194 Å². The Morgan fingerprint density at radius 2 is 1.61 bits per heavy atom. The van der Waals surface area contributed by atoms with Gasteiger partial charge in [0.1, 0.15) is 0 Å². The molecule has 0 radical (unpaired) electrons. The minimum absolute atomic E-state index is 0.0990. The Kier molecular flexibility index (Phi) is 6.18. The second-order valence-electron chi connectivity index (χ2n) is 6.94. The monoisotopic (exact) mass is 516 g/mol. The maximum atomic E-state index is 13.4.